The summed E-state index contributed by atoms with van der Waals surface area (Å²) in [6, 6.07) is 4.93. The summed E-state index contributed by atoms with van der Waals surface area (Å²) in [4.78, 5) is 25.7. The lowest BCUT2D eigenvalue weighted by atomic mass is 9.99. The largest absolute Gasteiger partial charge is 0.366 e. The van der Waals surface area contributed by atoms with Crippen LogP contribution in [-0.4, -0.2) is 43.1 Å². The van der Waals surface area contributed by atoms with E-state index in [0.29, 0.717) is 17.2 Å². The Labute approximate surface area is 147 Å². The molecule has 0 spiro atoms. The van der Waals surface area contributed by atoms with Gasteiger partial charge in [0.25, 0.3) is 11.6 Å². The molecule has 2 atom stereocenters. The Kier molecular flexibility index (Phi) is 5.53. The summed E-state index contributed by atoms with van der Waals surface area (Å²) in [6.45, 7) is 5.53. The molecule has 1 aromatic rings. The van der Waals surface area contributed by atoms with Crippen LogP contribution in [0, 0.1) is 16.0 Å². The Morgan fingerprint density at radius 2 is 2.20 bits per heavy atom. The zero-order chi connectivity index (χ0) is 17.8. The number of nitrogens with zero attached hydrogens (tertiary/aromatic N) is 2. The summed E-state index contributed by atoms with van der Waals surface area (Å²) in [5.41, 5.74) is 0.988. The molecule has 2 heterocycles. The SMILES string of the molecule is CC1CCCN(c2ccc(C(=O)N[C@H]3CCCNC3)cc2[N+](=O)[O-])C1. The van der Waals surface area contributed by atoms with Gasteiger partial charge in [-0.2, -0.15) is 0 Å². The second kappa shape index (κ2) is 7.82. The molecule has 1 aromatic carbocycles. The highest BCUT2D eigenvalue weighted by Gasteiger charge is 2.25. The summed E-state index contributed by atoms with van der Waals surface area (Å²) < 4.78 is 0. The third-order valence-corrected chi connectivity index (χ3v) is 5.06. The number of nitrogens with one attached hydrogen (secondary N) is 2. The number of nitro benzene ring substituents is 1. The van der Waals surface area contributed by atoms with Crippen LogP contribution >= 0.6 is 0 Å². The third kappa shape index (κ3) is 4.28. The van der Waals surface area contributed by atoms with Crippen LogP contribution in [0.2, 0.25) is 0 Å². The average Bonchev–Trinajstić information content (AvgIpc) is 2.62. The lowest BCUT2D eigenvalue weighted by Gasteiger charge is -2.32. The Hall–Kier alpha value is -2.15. The van der Waals surface area contributed by atoms with Gasteiger partial charge in [0.2, 0.25) is 0 Å². The molecular weight excluding hydrogens is 320 g/mol. The zero-order valence-electron chi connectivity index (χ0n) is 14.7. The molecule has 7 nitrogen and oxygen atoms in total. The van der Waals surface area contributed by atoms with Crippen LogP contribution < -0.4 is 15.5 Å². The van der Waals surface area contributed by atoms with Crippen molar-refractivity contribution in [2.45, 2.75) is 38.6 Å². The number of nitro groups is 1. The second-order valence-corrected chi connectivity index (χ2v) is 7.17. The number of benzene rings is 1. The normalized spacial score (nSPS) is 24.0. The van der Waals surface area contributed by atoms with Gasteiger partial charge in [-0.15, -0.1) is 0 Å². The van der Waals surface area contributed by atoms with Gasteiger partial charge in [0.15, 0.2) is 0 Å². The molecule has 0 bridgehead atoms. The number of rotatable bonds is 4. The smallest absolute Gasteiger partial charge is 0.293 e. The monoisotopic (exact) mass is 346 g/mol. The van der Waals surface area contributed by atoms with Gasteiger partial charge in [-0.25, -0.2) is 0 Å². The molecule has 0 radical (unpaired) electrons. The number of anilines is 1. The summed E-state index contributed by atoms with van der Waals surface area (Å²) in [6.07, 6.45) is 4.15. The molecular formula is C18H26N4O3. The molecule has 0 aromatic heterocycles. The van der Waals surface area contributed by atoms with Gasteiger partial charge in [0, 0.05) is 37.3 Å². The maximum atomic E-state index is 12.5. The van der Waals surface area contributed by atoms with Crippen LogP contribution in [0.4, 0.5) is 11.4 Å². The minimum Gasteiger partial charge on any atom is -0.366 e. The van der Waals surface area contributed by atoms with Crippen molar-refractivity contribution >= 4 is 17.3 Å². The first kappa shape index (κ1) is 17.7. The number of hydrogen-bond donors (Lipinski definition) is 2. The van der Waals surface area contributed by atoms with Crippen LogP contribution in [0.1, 0.15) is 43.0 Å². The van der Waals surface area contributed by atoms with E-state index in [-0.39, 0.29) is 22.6 Å². The van der Waals surface area contributed by atoms with Gasteiger partial charge < -0.3 is 15.5 Å². The van der Waals surface area contributed by atoms with Crippen molar-refractivity contribution in [1.82, 2.24) is 10.6 Å². The Morgan fingerprint density at radius 3 is 2.88 bits per heavy atom. The van der Waals surface area contributed by atoms with Gasteiger partial charge in [-0.05, 0) is 50.3 Å². The lowest BCUT2D eigenvalue weighted by molar-refractivity contribution is -0.384. The summed E-state index contributed by atoms with van der Waals surface area (Å²) in [5.74, 6) is 0.283. The van der Waals surface area contributed by atoms with E-state index < -0.39 is 0 Å². The maximum Gasteiger partial charge on any atom is 0.293 e. The molecule has 2 saturated heterocycles. The van der Waals surface area contributed by atoms with Gasteiger partial charge in [-0.3, -0.25) is 14.9 Å². The Bertz CT molecular complexity index is 643. The van der Waals surface area contributed by atoms with Crippen LogP contribution in [0.15, 0.2) is 18.2 Å². The fourth-order valence-corrected chi connectivity index (χ4v) is 3.73. The molecule has 0 saturated carbocycles. The van der Waals surface area contributed by atoms with Crippen LogP contribution in [-0.2, 0) is 0 Å². The second-order valence-electron chi connectivity index (χ2n) is 7.17. The number of carbonyl (C=O) groups excluding carboxylic acids is 1. The zero-order valence-corrected chi connectivity index (χ0v) is 14.7. The van der Waals surface area contributed by atoms with Crippen molar-refractivity contribution in [3.05, 3.63) is 33.9 Å². The van der Waals surface area contributed by atoms with Gasteiger partial charge in [0.05, 0.1) is 4.92 Å². The fraction of sp³-hybridized carbons (Fsp3) is 0.611. The molecule has 2 fully saturated rings. The van der Waals surface area contributed by atoms with E-state index in [2.05, 4.69) is 22.5 Å². The highest BCUT2D eigenvalue weighted by molar-refractivity contribution is 5.96. The first-order valence-corrected chi connectivity index (χ1v) is 9.09. The fourth-order valence-electron chi connectivity index (χ4n) is 3.73. The third-order valence-electron chi connectivity index (χ3n) is 5.06. The van der Waals surface area contributed by atoms with Crippen molar-refractivity contribution in [2.24, 2.45) is 5.92 Å². The van der Waals surface area contributed by atoms with E-state index in [4.69, 9.17) is 0 Å². The lowest BCUT2D eigenvalue weighted by Crippen LogP contribution is -2.45. The van der Waals surface area contributed by atoms with Crippen molar-refractivity contribution in [3.63, 3.8) is 0 Å². The van der Waals surface area contributed by atoms with Crippen LogP contribution in [0.5, 0.6) is 0 Å². The molecule has 0 aliphatic carbocycles. The number of hydrogen-bond acceptors (Lipinski definition) is 5. The van der Waals surface area contributed by atoms with E-state index in [9.17, 15) is 14.9 Å². The van der Waals surface area contributed by atoms with E-state index in [1.165, 1.54) is 6.07 Å². The summed E-state index contributed by atoms with van der Waals surface area (Å²) >= 11 is 0. The Morgan fingerprint density at radius 1 is 1.36 bits per heavy atom. The summed E-state index contributed by atoms with van der Waals surface area (Å²) in [7, 11) is 0. The standard InChI is InChI=1S/C18H26N4O3/c1-13-4-3-9-21(12-13)16-7-6-14(10-17(16)22(24)25)18(23)20-15-5-2-8-19-11-15/h6-7,10,13,15,19H,2-5,8-9,11-12H2,1H3,(H,20,23)/t13?,15-/m0/s1. The Balaban J connectivity index is 1.78. The van der Waals surface area contributed by atoms with Crippen LogP contribution in [0.3, 0.4) is 0 Å². The highest BCUT2D eigenvalue weighted by Crippen LogP contribution is 2.32. The minimum absolute atomic E-state index is 0.0171. The van der Waals surface area contributed by atoms with Gasteiger partial charge >= 0.3 is 0 Å². The summed E-state index contributed by atoms with van der Waals surface area (Å²) in [5, 5.41) is 17.8. The van der Waals surface area contributed by atoms with E-state index in [1.807, 2.05) is 0 Å². The molecule has 3 rings (SSSR count). The maximum absolute atomic E-state index is 12.5. The first-order chi connectivity index (χ1) is 12.0. The van der Waals surface area contributed by atoms with E-state index >= 15 is 0 Å². The van der Waals surface area contributed by atoms with Crippen molar-refractivity contribution in [2.75, 3.05) is 31.1 Å². The molecule has 2 N–H and O–H groups in total. The minimum atomic E-state index is -0.381. The number of amides is 1. The molecule has 1 amide bonds. The highest BCUT2D eigenvalue weighted by atomic mass is 16.6. The number of carbonyl (C=O) groups is 1. The molecule has 1 unspecified atom stereocenters. The first-order valence-electron chi connectivity index (χ1n) is 9.09. The average molecular weight is 346 g/mol. The molecule has 25 heavy (non-hydrogen) atoms. The van der Waals surface area contributed by atoms with Crippen molar-refractivity contribution < 1.29 is 9.72 Å². The van der Waals surface area contributed by atoms with Gasteiger partial charge in [0.1, 0.15) is 5.69 Å². The van der Waals surface area contributed by atoms with Gasteiger partial charge in [-0.1, -0.05) is 6.92 Å². The number of piperidine rings is 2. The topological polar surface area (TPSA) is 87.5 Å². The predicted molar refractivity (Wildman–Crippen MR) is 97.1 cm³/mol. The molecule has 136 valence electrons. The van der Waals surface area contributed by atoms with Crippen molar-refractivity contribution in [1.29, 1.82) is 0 Å². The predicted octanol–water partition coefficient (Wildman–Crippen LogP) is 2.31. The molecule has 2 aliphatic rings. The quantitative estimate of drug-likeness (QED) is 0.645. The molecule has 7 heteroatoms. The molecule has 2 aliphatic heterocycles. The van der Waals surface area contributed by atoms with E-state index in [0.717, 1.165) is 51.9 Å². The van der Waals surface area contributed by atoms with Crippen LogP contribution in [0.25, 0.3) is 0 Å². The van der Waals surface area contributed by atoms with E-state index in [1.54, 1.807) is 12.1 Å². The van der Waals surface area contributed by atoms with Crippen molar-refractivity contribution in [3.8, 4) is 0 Å².